The molecule has 1 saturated carbocycles. The number of carboxylic acid groups (broad SMARTS) is 2. The fourth-order valence-electron chi connectivity index (χ4n) is 6.45. The molecule has 1 aliphatic carbocycles. The van der Waals surface area contributed by atoms with Crippen LogP contribution >= 0.6 is 0 Å². The van der Waals surface area contributed by atoms with Crippen molar-refractivity contribution < 1.29 is 47.4 Å². The second-order valence-corrected chi connectivity index (χ2v) is 13.8. The number of nitrogens with one attached hydrogen (secondary N) is 5. The van der Waals surface area contributed by atoms with E-state index in [2.05, 4.69) is 60.6 Å². The zero-order chi connectivity index (χ0) is 43.0. The fraction of sp³-hybridized carbons (Fsp3) is 0.400. The first kappa shape index (κ1) is 45.3. The van der Waals surface area contributed by atoms with Crippen LogP contribution in [0.1, 0.15) is 55.5 Å². The summed E-state index contributed by atoms with van der Waals surface area (Å²) in [6, 6.07) is 21.4. The smallest absolute Gasteiger partial charge is 0.475 e. The first-order chi connectivity index (χ1) is 28.2. The number of nitrogens with zero attached hydrogens (tertiary/aromatic N) is 4. The van der Waals surface area contributed by atoms with Crippen molar-refractivity contribution in [3.05, 3.63) is 83.9 Å². The maximum Gasteiger partial charge on any atom is 0.490 e. The quantitative estimate of drug-likeness (QED) is 0.0797. The van der Waals surface area contributed by atoms with Crippen molar-refractivity contribution in [2.75, 3.05) is 38.0 Å². The third-order valence-corrected chi connectivity index (χ3v) is 9.85. The molecule has 0 saturated heterocycles. The third kappa shape index (κ3) is 14.5. The fourth-order valence-corrected chi connectivity index (χ4v) is 6.45. The average molecular weight is 824 g/mol. The van der Waals surface area contributed by atoms with E-state index in [0.717, 1.165) is 54.7 Å². The van der Waals surface area contributed by atoms with Crippen molar-refractivity contribution in [3.8, 4) is 22.5 Å². The Morgan fingerprint density at radius 2 is 1.51 bits per heavy atom. The number of rotatable bonds is 16. The van der Waals surface area contributed by atoms with E-state index in [4.69, 9.17) is 15.0 Å². The van der Waals surface area contributed by atoms with Crippen molar-refractivity contribution in [2.45, 2.75) is 58.2 Å². The zero-order valence-corrected chi connectivity index (χ0v) is 32.6. The number of tetrazole rings is 1. The van der Waals surface area contributed by atoms with Crippen molar-refractivity contribution >= 4 is 35.5 Å². The highest BCUT2D eigenvalue weighted by Crippen LogP contribution is 2.29. The highest BCUT2D eigenvalue weighted by Gasteiger charge is 2.38. The molecule has 1 heterocycles. The largest absolute Gasteiger partial charge is 0.490 e. The first-order valence-corrected chi connectivity index (χ1v) is 19.1. The summed E-state index contributed by atoms with van der Waals surface area (Å²) < 4.78 is 31.7. The Morgan fingerprint density at radius 1 is 0.864 bits per heavy atom. The number of alkyl halides is 3. The second kappa shape index (κ2) is 22.0. The number of halogens is 3. The lowest BCUT2D eigenvalue weighted by Crippen LogP contribution is -2.48. The van der Waals surface area contributed by atoms with Crippen molar-refractivity contribution in [1.82, 2.24) is 41.5 Å². The van der Waals surface area contributed by atoms with Gasteiger partial charge in [0.05, 0.1) is 0 Å². The Hall–Kier alpha value is -6.37. The van der Waals surface area contributed by atoms with E-state index >= 15 is 0 Å². The van der Waals surface area contributed by atoms with E-state index in [9.17, 15) is 32.3 Å². The van der Waals surface area contributed by atoms with Crippen LogP contribution in [0.25, 0.3) is 22.5 Å². The lowest BCUT2D eigenvalue weighted by Gasteiger charge is -2.29. The van der Waals surface area contributed by atoms with Gasteiger partial charge < -0.3 is 36.4 Å². The van der Waals surface area contributed by atoms with Gasteiger partial charge in [-0.05, 0) is 103 Å². The number of carbonyl (C=O) groups excluding carboxylic acids is 3. The van der Waals surface area contributed by atoms with Gasteiger partial charge in [-0.3, -0.25) is 14.4 Å². The lowest BCUT2D eigenvalue weighted by atomic mass is 9.81. The van der Waals surface area contributed by atoms with Crippen LogP contribution in [0.4, 0.5) is 23.7 Å². The Morgan fingerprint density at radius 3 is 2.08 bits per heavy atom. The molecule has 16 nitrogen and oxygen atoms in total. The minimum absolute atomic E-state index is 0.120. The van der Waals surface area contributed by atoms with Crippen LogP contribution in [0.3, 0.4) is 0 Å². The third-order valence-electron chi connectivity index (χ3n) is 9.85. The average Bonchev–Trinajstić information content (AvgIpc) is 3.77. The van der Waals surface area contributed by atoms with Crippen molar-refractivity contribution in [1.29, 1.82) is 0 Å². The molecule has 59 heavy (non-hydrogen) atoms. The van der Waals surface area contributed by atoms with Gasteiger partial charge in [0.15, 0.2) is 0 Å². The van der Waals surface area contributed by atoms with Gasteiger partial charge in [-0.1, -0.05) is 50.2 Å². The van der Waals surface area contributed by atoms with E-state index in [1.807, 2.05) is 42.5 Å². The molecule has 0 bridgehead atoms. The molecule has 0 aliphatic heterocycles. The Labute approximate surface area is 338 Å². The van der Waals surface area contributed by atoms with E-state index in [1.54, 1.807) is 30.3 Å². The number of amides is 4. The summed E-state index contributed by atoms with van der Waals surface area (Å²) in [7, 11) is 0. The van der Waals surface area contributed by atoms with Gasteiger partial charge in [0, 0.05) is 48.8 Å². The maximum atomic E-state index is 13.7. The number of benzene rings is 3. The van der Waals surface area contributed by atoms with Gasteiger partial charge in [0.1, 0.15) is 6.04 Å². The highest BCUT2D eigenvalue weighted by atomic mass is 19.4. The van der Waals surface area contributed by atoms with Gasteiger partial charge in [-0.2, -0.15) is 18.4 Å². The van der Waals surface area contributed by atoms with Gasteiger partial charge in [0.25, 0.3) is 5.91 Å². The standard InChI is InChI=1S/C38H47N9O5.C2HF3O2/c1-3-47(4-2)21-20-39-35(48)31-7-5-6-30(23-31)27-12-8-25(9-13-27)22-33(42-36(49)29-14-10-26(11-15-29)24-40-38(51)52)37(50)41-32-18-16-28(17-19-32)34-43-45-46-44-34;3-2(4,5)1(6)7/h5-9,12-13,16-19,23,26,29,33,40H,3-4,10-11,14-15,20-22,24H2,1-2H3,(H,39,48)(H,41,50)(H,42,49)(H,51,52)(H,43,44,45,46);(H,6,7)/t26?,29?,33-;/m0./s1. The molecule has 1 aliphatic rings. The molecule has 1 aromatic heterocycles. The Bertz CT molecular complexity index is 1990. The molecule has 1 fully saturated rings. The van der Waals surface area contributed by atoms with Crippen molar-refractivity contribution in [3.63, 3.8) is 0 Å². The normalized spacial score (nSPS) is 15.6. The molecule has 316 valence electrons. The maximum absolute atomic E-state index is 13.7. The number of anilines is 1. The van der Waals surface area contributed by atoms with Crippen LogP contribution in [0.15, 0.2) is 72.8 Å². The van der Waals surface area contributed by atoms with Crippen LogP contribution in [0, 0.1) is 11.8 Å². The molecule has 4 amide bonds. The van der Waals surface area contributed by atoms with Gasteiger partial charge in [-0.15, -0.1) is 10.2 Å². The first-order valence-electron chi connectivity index (χ1n) is 19.1. The molecule has 3 aromatic carbocycles. The summed E-state index contributed by atoms with van der Waals surface area (Å²) in [5, 5.41) is 41.4. The number of carbonyl (C=O) groups is 5. The lowest BCUT2D eigenvalue weighted by molar-refractivity contribution is -0.192. The number of carboxylic acids is 1. The monoisotopic (exact) mass is 823 g/mol. The van der Waals surface area contributed by atoms with Gasteiger partial charge in [-0.25, -0.2) is 9.59 Å². The number of aliphatic carboxylic acids is 1. The predicted octanol–water partition coefficient (Wildman–Crippen LogP) is 4.98. The number of likely N-dealkylation sites (N-methyl/N-ethyl adjacent to an activating group) is 1. The molecular formula is C40H48F3N9O7. The summed E-state index contributed by atoms with van der Waals surface area (Å²) in [6.45, 7) is 7.80. The van der Waals surface area contributed by atoms with Gasteiger partial charge in [0.2, 0.25) is 17.6 Å². The minimum atomic E-state index is -5.08. The topological polar surface area (TPSA) is 232 Å². The highest BCUT2D eigenvalue weighted by molar-refractivity contribution is 5.98. The number of H-pyrrole nitrogens is 1. The molecule has 0 radical (unpaired) electrons. The number of hydrogen-bond donors (Lipinski definition) is 7. The molecule has 0 unspecified atom stereocenters. The van der Waals surface area contributed by atoms with E-state index in [0.29, 0.717) is 43.0 Å². The molecule has 1 atom stereocenters. The van der Waals surface area contributed by atoms with E-state index in [1.165, 1.54) is 0 Å². The second-order valence-electron chi connectivity index (χ2n) is 13.8. The molecule has 5 rings (SSSR count). The van der Waals surface area contributed by atoms with Crippen molar-refractivity contribution in [2.24, 2.45) is 11.8 Å². The summed E-state index contributed by atoms with van der Waals surface area (Å²) in [4.78, 5) is 62.1. The minimum Gasteiger partial charge on any atom is -0.475 e. The zero-order valence-electron chi connectivity index (χ0n) is 32.6. The van der Waals surface area contributed by atoms with E-state index in [-0.39, 0.29) is 36.0 Å². The van der Waals surface area contributed by atoms with Crippen LogP contribution in [0.5, 0.6) is 0 Å². The number of hydrogen-bond acceptors (Lipinski definition) is 9. The van der Waals surface area contributed by atoms with E-state index < -0.39 is 24.3 Å². The summed E-state index contributed by atoms with van der Waals surface area (Å²) >= 11 is 0. The Kier molecular flexibility index (Phi) is 16.9. The molecule has 7 N–H and O–H groups in total. The molecule has 19 heteroatoms. The molecular weight excluding hydrogens is 775 g/mol. The summed E-state index contributed by atoms with van der Waals surface area (Å²) in [5.74, 6) is -3.08. The van der Waals surface area contributed by atoms with Crippen LogP contribution in [0.2, 0.25) is 0 Å². The Balaban J connectivity index is 0.00000101. The summed E-state index contributed by atoms with van der Waals surface area (Å²) in [5.41, 5.74) is 4.53. The van der Waals surface area contributed by atoms with Gasteiger partial charge >= 0.3 is 18.2 Å². The molecule has 0 spiro atoms. The molecule has 4 aromatic rings. The summed E-state index contributed by atoms with van der Waals surface area (Å²) in [6.07, 6.45) is -3.20. The number of aromatic amines is 1. The number of aromatic nitrogens is 4. The predicted molar refractivity (Wildman–Crippen MR) is 211 cm³/mol. The van der Waals surface area contributed by atoms with Crippen LogP contribution < -0.4 is 21.3 Å². The SMILES string of the molecule is CCN(CC)CCNC(=O)c1cccc(-c2ccc(C[C@H](NC(=O)C3CCC(CNC(=O)O)CC3)C(=O)Nc3ccc(-c4nn[nH]n4)cc3)cc2)c1.O=C(O)C(F)(F)F. The van der Waals surface area contributed by atoms with Crippen LogP contribution in [-0.4, -0.2) is 110 Å². The van der Waals surface area contributed by atoms with Crippen LogP contribution in [-0.2, 0) is 20.8 Å².